The number of nitrogens with zero attached hydrogens (tertiary/aromatic N) is 4. The number of aromatic nitrogens is 2. The molecule has 2 amide bonds. The van der Waals surface area contributed by atoms with Gasteiger partial charge in [-0.1, -0.05) is 41.9 Å². The molecule has 0 bridgehead atoms. The molecule has 1 aromatic carbocycles. The first-order valence-corrected chi connectivity index (χ1v) is 10.6. The quantitative estimate of drug-likeness (QED) is 0.550. The van der Waals surface area contributed by atoms with Gasteiger partial charge in [-0.25, -0.2) is 9.97 Å². The summed E-state index contributed by atoms with van der Waals surface area (Å²) in [6.07, 6.45) is 7.01. The lowest BCUT2D eigenvalue weighted by atomic mass is 10.1. The van der Waals surface area contributed by atoms with Crippen molar-refractivity contribution < 1.29 is 9.59 Å². The maximum atomic E-state index is 12.5. The lowest BCUT2D eigenvalue weighted by Gasteiger charge is -2.33. The van der Waals surface area contributed by atoms with Gasteiger partial charge in [0.05, 0.1) is 10.0 Å². The first-order valence-electron chi connectivity index (χ1n) is 9.45. The molecule has 6 nitrogen and oxygen atoms in total. The Morgan fingerprint density at radius 3 is 2.47 bits per heavy atom. The molecule has 0 atom stereocenters. The van der Waals surface area contributed by atoms with Crippen LogP contribution in [0, 0.1) is 0 Å². The Bertz CT molecular complexity index is 1070. The van der Waals surface area contributed by atoms with Crippen molar-refractivity contribution in [2.45, 2.75) is 6.54 Å². The summed E-state index contributed by atoms with van der Waals surface area (Å²) < 4.78 is 0.722. The van der Waals surface area contributed by atoms with Gasteiger partial charge in [-0.05, 0) is 29.8 Å². The number of carbonyl (C=O) groups excluding carboxylic acids is 2. The van der Waals surface area contributed by atoms with Crippen LogP contribution < -0.4 is 0 Å². The van der Waals surface area contributed by atoms with Gasteiger partial charge in [-0.2, -0.15) is 0 Å². The highest BCUT2D eigenvalue weighted by Gasteiger charge is 2.31. The number of thiophene rings is 1. The van der Waals surface area contributed by atoms with Gasteiger partial charge in [0.1, 0.15) is 6.33 Å². The maximum Gasteiger partial charge on any atom is 0.312 e. The van der Waals surface area contributed by atoms with Crippen molar-refractivity contribution in [3.8, 4) is 11.3 Å². The summed E-state index contributed by atoms with van der Waals surface area (Å²) in [5, 5.41) is 0. The molecule has 0 N–H and O–H groups in total. The van der Waals surface area contributed by atoms with Crippen LogP contribution in [0.3, 0.4) is 0 Å². The van der Waals surface area contributed by atoms with Crippen molar-refractivity contribution in [2.75, 3.05) is 19.6 Å². The topological polar surface area (TPSA) is 66.4 Å². The Labute approximate surface area is 183 Å². The van der Waals surface area contributed by atoms with Gasteiger partial charge in [-0.15, -0.1) is 11.3 Å². The Morgan fingerprint density at radius 1 is 1.00 bits per heavy atom. The fourth-order valence-electron chi connectivity index (χ4n) is 3.22. The number of halogens is 1. The summed E-state index contributed by atoms with van der Waals surface area (Å²) in [4.78, 5) is 37.4. The third-order valence-corrected chi connectivity index (χ3v) is 6.00. The largest absolute Gasteiger partial charge is 0.329 e. The minimum atomic E-state index is -0.465. The predicted octanol–water partition coefficient (Wildman–Crippen LogP) is 3.74. The second-order valence-corrected chi connectivity index (χ2v) is 8.56. The van der Waals surface area contributed by atoms with Gasteiger partial charge in [0.15, 0.2) is 0 Å². The van der Waals surface area contributed by atoms with E-state index in [-0.39, 0.29) is 0 Å². The van der Waals surface area contributed by atoms with E-state index in [1.807, 2.05) is 54.6 Å². The summed E-state index contributed by atoms with van der Waals surface area (Å²) in [5.41, 5.74) is 2.79. The van der Waals surface area contributed by atoms with Gasteiger partial charge < -0.3 is 9.80 Å². The minimum Gasteiger partial charge on any atom is -0.329 e. The van der Waals surface area contributed by atoms with E-state index in [2.05, 4.69) is 9.97 Å². The lowest BCUT2D eigenvalue weighted by molar-refractivity contribution is -0.156. The number of hydrogen-bond acceptors (Lipinski definition) is 5. The normalized spacial score (nSPS) is 14.7. The van der Waals surface area contributed by atoms with Gasteiger partial charge in [0, 0.05) is 42.8 Å². The molecule has 4 rings (SSSR count). The first-order chi connectivity index (χ1) is 14.6. The summed E-state index contributed by atoms with van der Waals surface area (Å²) in [6.45, 7) is 1.84. The summed E-state index contributed by atoms with van der Waals surface area (Å²) in [5.74, 6) is -0.929. The Balaban J connectivity index is 1.34. The summed E-state index contributed by atoms with van der Waals surface area (Å²) in [7, 11) is 0. The van der Waals surface area contributed by atoms with E-state index in [4.69, 9.17) is 11.6 Å². The molecule has 3 aromatic rings. The highest BCUT2D eigenvalue weighted by Crippen LogP contribution is 2.22. The molecule has 8 heteroatoms. The van der Waals surface area contributed by atoms with Crippen LogP contribution in [0.25, 0.3) is 17.3 Å². The van der Waals surface area contributed by atoms with Crippen LogP contribution in [0.15, 0.2) is 61.1 Å². The van der Waals surface area contributed by atoms with Crippen molar-refractivity contribution in [1.29, 1.82) is 0 Å². The van der Waals surface area contributed by atoms with E-state index >= 15 is 0 Å². The van der Waals surface area contributed by atoms with Crippen LogP contribution in [-0.2, 0) is 16.1 Å². The van der Waals surface area contributed by atoms with Crippen LogP contribution in [-0.4, -0.2) is 51.2 Å². The monoisotopic (exact) mass is 438 g/mol. The molecule has 1 aliphatic heterocycles. The molecule has 30 heavy (non-hydrogen) atoms. The van der Waals surface area contributed by atoms with E-state index in [0.29, 0.717) is 26.2 Å². The summed E-state index contributed by atoms with van der Waals surface area (Å²) in [6, 6.07) is 13.4. The third-order valence-electron chi connectivity index (χ3n) is 4.80. The van der Waals surface area contributed by atoms with Crippen molar-refractivity contribution in [2.24, 2.45) is 0 Å². The fraction of sp³-hybridized carbons (Fsp3) is 0.182. The predicted molar refractivity (Wildman–Crippen MR) is 118 cm³/mol. The molecule has 0 spiro atoms. The zero-order valence-electron chi connectivity index (χ0n) is 16.1. The van der Waals surface area contributed by atoms with Crippen LogP contribution in [0.5, 0.6) is 0 Å². The van der Waals surface area contributed by atoms with Gasteiger partial charge >= 0.3 is 11.8 Å². The van der Waals surface area contributed by atoms with Gasteiger partial charge in [0.2, 0.25) is 0 Å². The zero-order valence-corrected chi connectivity index (χ0v) is 17.6. The average Bonchev–Trinajstić information content (AvgIpc) is 3.19. The number of piperazine rings is 1. The van der Waals surface area contributed by atoms with Gasteiger partial charge in [-0.3, -0.25) is 9.59 Å². The first kappa shape index (κ1) is 20.3. The third kappa shape index (κ3) is 4.75. The van der Waals surface area contributed by atoms with E-state index < -0.39 is 11.8 Å². The Kier molecular flexibility index (Phi) is 6.21. The molecule has 0 aliphatic carbocycles. The zero-order chi connectivity index (χ0) is 20.9. The van der Waals surface area contributed by atoms with E-state index in [0.717, 1.165) is 26.0 Å². The molecule has 0 saturated carbocycles. The number of amides is 2. The molecular formula is C22H19ClN4O2S. The average molecular weight is 439 g/mol. The van der Waals surface area contributed by atoms with Crippen molar-refractivity contribution >= 4 is 40.8 Å². The van der Waals surface area contributed by atoms with Crippen LogP contribution in [0.1, 0.15) is 10.4 Å². The van der Waals surface area contributed by atoms with Crippen molar-refractivity contribution in [3.63, 3.8) is 0 Å². The Hall–Kier alpha value is -3.03. The molecular weight excluding hydrogens is 420 g/mol. The second kappa shape index (κ2) is 9.19. The highest BCUT2D eigenvalue weighted by atomic mass is 35.5. The smallest absolute Gasteiger partial charge is 0.312 e. The number of carbonyl (C=O) groups is 2. The van der Waals surface area contributed by atoms with Crippen LogP contribution >= 0.6 is 22.9 Å². The van der Waals surface area contributed by atoms with Crippen LogP contribution in [0.2, 0.25) is 4.34 Å². The maximum absolute atomic E-state index is 12.5. The van der Waals surface area contributed by atoms with Gasteiger partial charge in [0.25, 0.3) is 0 Å². The van der Waals surface area contributed by atoms with E-state index in [1.54, 1.807) is 16.0 Å². The van der Waals surface area contributed by atoms with E-state index in [1.165, 1.54) is 17.7 Å². The molecule has 1 aliphatic rings. The second-order valence-electron chi connectivity index (χ2n) is 6.81. The molecule has 0 unspecified atom stereocenters. The number of rotatable bonds is 6. The highest BCUT2D eigenvalue weighted by molar-refractivity contribution is 7.16. The molecule has 3 heterocycles. The van der Waals surface area contributed by atoms with E-state index in [9.17, 15) is 9.59 Å². The minimum absolute atomic E-state index is 0.404. The SMILES string of the molecule is O=C1C(=O)N(Cc2ccc(-c3ccncn3)cc2)CCN1CC=Cc1ccc(Cl)s1. The molecule has 1 saturated heterocycles. The molecule has 0 radical (unpaired) electrons. The summed E-state index contributed by atoms with van der Waals surface area (Å²) >= 11 is 7.39. The van der Waals surface area contributed by atoms with Crippen LogP contribution in [0.4, 0.5) is 0 Å². The lowest BCUT2D eigenvalue weighted by Crippen LogP contribution is -2.53. The molecule has 2 aromatic heterocycles. The Morgan fingerprint density at radius 2 is 1.77 bits per heavy atom. The molecule has 1 fully saturated rings. The number of hydrogen-bond donors (Lipinski definition) is 0. The van der Waals surface area contributed by atoms with Crippen molar-refractivity contribution in [3.05, 3.63) is 75.8 Å². The molecule has 152 valence electrons. The standard InChI is InChI=1S/C22H19ClN4O2S/c23-20-8-7-18(30-20)2-1-11-26-12-13-27(22(29)21(26)28)14-16-3-5-17(6-4-16)19-9-10-24-15-25-19/h1-10,15H,11-14H2. The number of benzene rings is 1. The fourth-order valence-corrected chi connectivity index (χ4v) is 4.21. The van der Waals surface area contributed by atoms with Crippen molar-refractivity contribution in [1.82, 2.24) is 19.8 Å².